The molecule has 0 radical (unpaired) electrons. The fourth-order valence-electron chi connectivity index (χ4n) is 2.01. The van der Waals surface area contributed by atoms with Gasteiger partial charge in [0, 0.05) is 31.3 Å². The molecule has 0 aliphatic carbocycles. The quantitative estimate of drug-likeness (QED) is 0.646. The van der Waals surface area contributed by atoms with Crippen LogP contribution in [0.15, 0.2) is 53.2 Å². The zero-order valence-corrected chi connectivity index (χ0v) is 13.2. The number of aliphatic hydroxyl groups excluding tert-OH is 1. The molecule has 126 valence electrons. The van der Waals surface area contributed by atoms with Crippen LogP contribution in [0.4, 0.5) is 5.69 Å². The van der Waals surface area contributed by atoms with Gasteiger partial charge >= 0.3 is 0 Å². The van der Waals surface area contributed by atoms with Crippen LogP contribution in [0.1, 0.15) is 17.7 Å². The van der Waals surface area contributed by atoms with Gasteiger partial charge in [0.15, 0.2) is 0 Å². The molecule has 0 saturated carbocycles. The smallest absolute Gasteiger partial charge is 0.244 e. The third-order valence-corrected chi connectivity index (χ3v) is 3.23. The number of furan rings is 1. The molecule has 0 fully saturated rings. The van der Waals surface area contributed by atoms with Crippen LogP contribution in [0.5, 0.6) is 0 Å². The van der Waals surface area contributed by atoms with E-state index in [0.29, 0.717) is 17.9 Å². The van der Waals surface area contributed by atoms with Crippen LogP contribution in [0.3, 0.4) is 0 Å². The van der Waals surface area contributed by atoms with Crippen molar-refractivity contribution in [2.24, 2.45) is 0 Å². The summed E-state index contributed by atoms with van der Waals surface area (Å²) in [6, 6.07) is 10.8. The molecule has 0 aliphatic heterocycles. The molecule has 0 saturated heterocycles. The molecule has 0 bridgehead atoms. The van der Waals surface area contributed by atoms with E-state index in [0.717, 1.165) is 5.56 Å². The summed E-state index contributed by atoms with van der Waals surface area (Å²) < 4.78 is 5.07. The number of rotatable bonds is 8. The molecular formula is C18H20N2O4. The second-order valence-electron chi connectivity index (χ2n) is 5.11. The highest BCUT2D eigenvalue weighted by molar-refractivity contribution is 5.93. The molecule has 24 heavy (non-hydrogen) atoms. The normalized spacial score (nSPS) is 10.7. The van der Waals surface area contributed by atoms with Gasteiger partial charge in [-0.2, -0.15) is 0 Å². The molecule has 6 nitrogen and oxygen atoms in total. The van der Waals surface area contributed by atoms with Crippen LogP contribution in [-0.4, -0.2) is 30.1 Å². The highest BCUT2D eigenvalue weighted by Crippen LogP contribution is 2.10. The summed E-state index contributed by atoms with van der Waals surface area (Å²) in [5.41, 5.74) is 1.69. The average molecular weight is 328 g/mol. The fraction of sp³-hybridized carbons (Fsp3) is 0.222. The number of hydrogen-bond acceptors (Lipinski definition) is 4. The van der Waals surface area contributed by atoms with Crippen LogP contribution in [0, 0.1) is 0 Å². The minimum atomic E-state index is -0.285. The van der Waals surface area contributed by atoms with E-state index in [-0.39, 0.29) is 31.4 Å². The Labute approximate surface area is 140 Å². The summed E-state index contributed by atoms with van der Waals surface area (Å²) >= 11 is 0. The number of carbonyl (C=O) groups is 2. The van der Waals surface area contributed by atoms with Gasteiger partial charge in [-0.15, -0.1) is 0 Å². The van der Waals surface area contributed by atoms with Crippen molar-refractivity contribution in [3.8, 4) is 0 Å². The fourth-order valence-corrected chi connectivity index (χ4v) is 2.01. The summed E-state index contributed by atoms with van der Waals surface area (Å²) in [6.07, 6.45) is 5.21. The maximum atomic E-state index is 11.8. The van der Waals surface area contributed by atoms with Crippen molar-refractivity contribution >= 4 is 23.6 Å². The van der Waals surface area contributed by atoms with Crippen LogP contribution in [0.2, 0.25) is 0 Å². The molecule has 3 N–H and O–H groups in total. The number of carbonyl (C=O) groups excluding carboxylic acids is 2. The highest BCUT2D eigenvalue weighted by atomic mass is 16.3. The Morgan fingerprint density at radius 3 is 2.62 bits per heavy atom. The van der Waals surface area contributed by atoms with Gasteiger partial charge in [0.25, 0.3) is 0 Å². The zero-order chi connectivity index (χ0) is 17.2. The van der Waals surface area contributed by atoms with Crippen molar-refractivity contribution in [3.63, 3.8) is 0 Å². The topological polar surface area (TPSA) is 91.6 Å². The molecule has 0 atom stereocenters. The predicted octanol–water partition coefficient (Wildman–Crippen LogP) is 1.97. The van der Waals surface area contributed by atoms with E-state index in [1.54, 1.807) is 30.3 Å². The van der Waals surface area contributed by atoms with Crippen LogP contribution in [-0.2, 0) is 16.0 Å². The van der Waals surface area contributed by atoms with Gasteiger partial charge in [-0.1, -0.05) is 12.1 Å². The molecule has 2 aromatic rings. The molecule has 1 heterocycles. The van der Waals surface area contributed by atoms with Gasteiger partial charge in [-0.25, -0.2) is 0 Å². The summed E-state index contributed by atoms with van der Waals surface area (Å²) in [5, 5.41) is 14.2. The minimum absolute atomic E-state index is 0.0970. The van der Waals surface area contributed by atoms with Gasteiger partial charge in [0.2, 0.25) is 11.8 Å². The van der Waals surface area contributed by atoms with Crippen LogP contribution < -0.4 is 10.6 Å². The largest absolute Gasteiger partial charge is 0.465 e. The SMILES string of the molecule is O=C(C=Cc1ccco1)NCCC(=O)Nc1ccc(CCO)cc1. The van der Waals surface area contributed by atoms with Crippen molar-refractivity contribution < 1.29 is 19.1 Å². The first-order valence-corrected chi connectivity index (χ1v) is 7.66. The van der Waals surface area contributed by atoms with E-state index < -0.39 is 0 Å². The Morgan fingerprint density at radius 2 is 1.96 bits per heavy atom. The van der Waals surface area contributed by atoms with Gasteiger partial charge in [-0.3, -0.25) is 9.59 Å². The van der Waals surface area contributed by atoms with Crippen molar-refractivity contribution in [3.05, 3.63) is 60.1 Å². The Kier molecular flexibility index (Phi) is 6.79. The Hall–Kier alpha value is -2.86. The Balaban J connectivity index is 1.68. The first kappa shape index (κ1) is 17.5. The number of anilines is 1. The lowest BCUT2D eigenvalue weighted by Gasteiger charge is -2.06. The second kappa shape index (κ2) is 9.32. The summed E-state index contributed by atoms with van der Waals surface area (Å²) in [6.45, 7) is 0.343. The molecule has 0 spiro atoms. The van der Waals surface area contributed by atoms with Gasteiger partial charge in [0.05, 0.1) is 6.26 Å². The standard InChI is InChI=1S/C18H20N2O4/c21-12-10-14-3-5-15(6-4-14)20-18(23)9-11-19-17(22)8-7-16-2-1-13-24-16/h1-8,13,21H,9-12H2,(H,19,22)(H,20,23). The summed E-state index contributed by atoms with van der Waals surface area (Å²) in [7, 11) is 0. The second-order valence-corrected chi connectivity index (χ2v) is 5.11. The molecule has 6 heteroatoms. The van der Waals surface area contributed by atoms with Crippen molar-refractivity contribution in [1.29, 1.82) is 0 Å². The van der Waals surface area contributed by atoms with E-state index >= 15 is 0 Å². The van der Waals surface area contributed by atoms with Crippen molar-refractivity contribution in [2.75, 3.05) is 18.5 Å². The molecule has 2 amide bonds. The van der Waals surface area contributed by atoms with E-state index in [1.807, 2.05) is 12.1 Å². The van der Waals surface area contributed by atoms with Crippen molar-refractivity contribution in [2.45, 2.75) is 12.8 Å². The summed E-state index contributed by atoms with van der Waals surface area (Å²) in [4.78, 5) is 23.4. The third kappa shape index (κ3) is 6.10. The van der Waals surface area contributed by atoms with Gasteiger partial charge in [-0.05, 0) is 42.3 Å². The van der Waals surface area contributed by atoms with E-state index in [2.05, 4.69) is 10.6 Å². The van der Waals surface area contributed by atoms with E-state index in [9.17, 15) is 9.59 Å². The monoisotopic (exact) mass is 328 g/mol. The first-order chi connectivity index (χ1) is 11.7. The summed E-state index contributed by atoms with van der Waals surface area (Å²) in [5.74, 6) is 0.125. The molecular weight excluding hydrogens is 308 g/mol. The minimum Gasteiger partial charge on any atom is -0.465 e. The van der Waals surface area contributed by atoms with Crippen LogP contribution >= 0.6 is 0 Å². The maximum absolute atomic E-state index is 11.8. The Morgan fingerprint density at radius 1 is 1.17 bits per heavy atom. The van der Waals surface area contributed by atoms with Crippen LogP contribution in [0.25, 0.3) is 6.08 Å². The number of hydrogen-bond donors (Lipinski definition) is 3. The number of aliphatic hydroxyl groups is 1. The third-order valence-electron chi connectivity index (χ3n) is 3.23. The van der Waals surface area contributed by atoms with Gasteiger partial charge < -0.3 is 20.2 Å². The van der Waals surface area contributed by atoms with E-state index in [1.165, 1.54) is 12.3 Å². The first-order valence-electron chi connectivity index (χ1n) is 7.66. The lowest BCUT2D eigenvalue weighted by molar-refractivity contribution is -0.117. The Bertz CT molecular complexity index is 676. The number of nitrogens with one attached hydrogen (secondary N) is 2. The average Bonchev–Trinajstić information content (AvgIpc) is 3.08. The highest BCUT2D eigenvalue weighted by Gasteiger charge is 2.03. The predicted molar refractivity (Wildman–Crippen MR) is 91.2 cm³/mol. The zero-order valence-electron chi connectivity index (χ0n) is 13.2. The van der Waals surface area contributed by atoms with Crippen molar-refractivity contribution in [1.82, 2.24) is 5.32 Å². The number of amides is 2. The van der Waals surface area contributed by atoms with Gasteiger partial charge in [0.1, 0.15) is 5.76 Å². The molecule has 1 aromatic heterocycles. The maximum Gasteiger partial charge on any atom is 0.244 e. The lowest BCUT2D eigenvalue weighted by Crippen LogP contribution is -2.26. The molecule has 2 rings (SSSR count). The molecule has 0 unspecified atom stereocenters. The van der Waals surface area contributed by atoms with E-state index in [4.69, 9.17) is 9.52 Å². The number of benzene rings is 1. The molecule has 0 aliphatic rings. The molecule has 1 aromatic carbocycles. The lowest BCUT2D eigenvalue weighted by atomic mass is 10.1.